The van der Waals surface area contributed by atoms with Crippen LogP contribution in [-0.4, -0.2) is 25.8 Å². The Kier molecular flexibility index (Phi) is 7.49. The van der Waals surface area contributed by atoms with E-state index in [0.717, 1.165) is 5.69 Å². The molecule has 0 saturated heterocycles. The van der Waals surface area contributed by atoms with Crippen molar-refractivity contribution in [3.63, 3.8) is 0 Å². The Bertz CT molecular complexity index is 1310. The summed E-state index contributed by atoms with van der Waals surface area (Å²) in [6, 6.07) is 22.2. The molecule has 0 fully saturated rings. The number of aromatic nitrogens is 1. The fraction of sp³-hybridized carbons (Fsp3) is 0.242. The smallest absolute Gasteiger partial charge is 0.243 e. The van der Waals surface area contributed by atoms with Crippen molar-refractivity contribution in [2.75, 3.05) is 19.0 Å². The molecule has 4 rings (SSSR count). The van der Waals surface area contributed by atoms with E-state index in [1.807, 2.05) is 24.4 Å². The van der Waals surface area contributed by atoms with Crippen molar-refractivity contribution < 1.29 is 0 Å². The van der Waals surface area contributed by atoms with Gasteiger partial charge in [0.1, 0.15) is 0 Å². The fourth-order valence-corrected chi connectivity index (χ4v) is 5.65. The second kappa shape index (κ2) is 10.6. The normalized spacial score (nSPS) is 11.2. The van der Waals surface area contributed by atoms with Crippen molar-refractivity contribution in [2.45, 2.75) is 41.5 Å². The SMILES string of the molecule is Cc1cc(C)c(B(c2ccc(N(C)C)cc2/C=C/c2ccccn2)c2c(C)cc(C)cc2C)c(C)c1. The number of hydrogen-bond donors (Lipinski definition) is 0. The molecule has 0 aliphatic heterocycles. The third-order valence-electron chi connectivity index (χ3n) is 7.07. The van der Waals surface area contributed by atoms with Gasteiger partial charge in [0.15, 0.2) is 0 Å². The number of nitrogens with zero attached hydrogens (tertiary/aromatic N) is 2. The standard InChI is InChI=1S/C33H37BN2/c1-22-17-24(3)32(25(4)18-22)34(33-26(5)19-23(2)20-27(33)6)31-15-14-30(36(7)8)21-28(31)12-13-29-11-9-10-16-35-29/h9-21H,1-8H3/b13-12+. The summed E-state index contributed by atoms with van der Waals surface area (Å²) in [5.74, 6) is 0. The Balaban J connectivity index is 2.03. The molecule has 36 heavy (non-hydrogen) atoms. The van der Waals surface area contributed by atoms with Gasteiger partial charge in [0.05, 0.1) is 5.69 Å². The molecular weight excluding hydrogens is 435 g/mol. The van der Waals surface area contributed by atoms with Crippen LogP contribution in [0.25, 0.3) is 12.2 Å². The first-order valence-electron chi connectivity index (χ1n) is 12.7. The highest BCUT2D eigenvalue weighted by atomic mass is 15.1. The number of hydrogen-bond acceptors (Lipinski definition) is 2. The van der Waals surface area contributed by atoms with Gasteiger partial charge in [-0.05, 0) is 77.4 Å². The minimum atomic E-state index is 0.130. The van der Waals surface area contributed by atoms with E-state index in [1.165, 1.54) is 61.0 Å². The van der Waals surface area contributed by atoms with Gasteiger partial charge in [-0.15, -0.1) is 0 Å². The van der Waals surface area contributed by atoms with Crippen LogP contribution in [0, 0.1) is 41.5 Å². The summed E-state index contributed by atoms with van der Waals surface area (Å²) in [6.07, 6.45) is 6.20. The molecule has 0 spiro atoms. The van der Waals surface area contributed by atoms with Crippen LogP contribution < -0.4 is 21.3 Å². The topological polar surface area (TPSA) is 16.1 Å². The Labute approximate surface area is 217 Å². The Morgan fingerprint density at radius 3 is 1.69 bits per heavy atom. The number of benzene rings is 3. The van der Waals surface area contributed by atoms with Gasteiger partial charge < -0.3 is 4.90 Å². The summed E-state index contributed by atoms with van der Waals surface area (Å²) >= 11 is 0. The van der Waals surface area contributed by atoms with Crippen LogP contribution >= 0.6 is 0 Å². The lowest BCUT2D eigenvalue weighted by Crippen LogP contribution is -2.56. The first-order chi connectivity index (χ1) is 17.2. The van der Waals surface area contributed by atoms with Crippen molar-refractivity contribution >= 4 is 40.9 Å². The van der Waals surface area contributed by atoms with Crippen molar-refractivity contribution in [1.29, 1.82) is 0 Å². The van der Waals surface area contributed by atoms with Crippen LogP contribution in [0.3, 0.4) is 0 Å². The Morgan fingerprint density at radius 2 is 1.22 bits per heavy atom. The van der Waals surface area contributed by atoms with Crippen molar-refractivity contribution in [3.05, 3.63) is 111 Å². The summed E-state index contributed by atoms with van der Waals surface area (Å²) in [4.78, 5) is 6.69. The molecule has 182 valence electrons. The second-order valence-electron chi connectivity index (χ2n) is 10.4. The molecule has 0 radical (unpaired) electrons. The molecular formula is C33H37BN2. The van der Waals surface area contributed by atoms with E-state index in [0.29, 0.717) is 0 Å². The Morgan fingerprint density at radius 1 is 0.667 bits per heavy atom. The molecule has 1 aromatic heterocycles. The first kappa shape index (κ1) is 25.5. The van der Waals surface area contributed by atoms with E-state index in [-0.39, 0.29) is 6.71 Å². The maximum atomic E-state index is 4.52. The lowest BCUT2D eigenvalue weighted by Gasteiger charge is -2.26. The molecule has 3 aromatic carbocycles. The summed E-state index contributed by atoms with van der Waals surface area (Å²) in [5, 5.41) is 0. The molecule has 0 saturated carbocycles. The summed E-state index contributed by atoms with van der Waals surface area (Å²) < 4.78 is 0. The van der Waals surface area contributed by atoms with E-state index >= 15 is 0 Å². The predicted octanol–water partition coefficient (Wildman–Crippen LogP) is 5.68. The van der Waals surface area contributed by atoms with Crippen LogP contribution in [0.4, 0.5) is 5.69 Å². The zero-order valence-electron chi connectivity index (χ0n) is 23.0. The lowest BCUT2D eigenvalue weighted by atomic mass is 9.33. The van der Waals surface area contributed by atoms with Crippen LogP contribution in [-0.2, 0) is 0 Å². The number of rotatable bonds is 6. The fourth-order valence-electron chi connectivity index (χ4n) is 5.65. The minimum absolute atomic E-state index is 0.130. The van der Waals surface area contributed by atoms with E-state index in [1.54, 1.807) is 0 Å². The van der Waals surface area contributed by atoms with Gasteiger partial charge >= 0.3 is 0 Å². The second-order valence-corrected chi connectivity index (χ2v) is 10.4. The molecule has 0 aliphatic rings. The van der Waals surface area contributed by atoms with Crippen LogP contribution in [0.1, 0.15) is 44.6 Å². The van der Waals surface area contributed by atoms with Gasteiger partial charge in [-0.25, -0.2) is 0 Å². The van der Waals surface area contributed by atoms with E-state index in [4.69, 9.17) is 0 Å². The summed E-state index contributed by atoms with van der Waals surface area (Å²) in [7, 11) is 4.20. The average molecular weight is 472 g/mol. The Hall–Kier alpha value is -3.59. The van der Waals surface area contributed by atoms with Gasteiger partial charge in [0, 0.05) is 26.0 Å². The predicted molar refractivity (Wildman–Crippen MR) is 160 cm³/mol. The molecule has 0 atom stereocenters. The molecule has 0 bridgehead atoms. The molecule has 0 aliphatic carbocycles. The number of aryl methyl sites for hydroxylation is 6. The van der Waals surface area contributed by atoms with E-state index in [9.17, 15) is 0 Å². The molecule has 4 aromatic rings. The maximum absolute atomic E-state index is 4.52. The van der Waals surface area contributed by atoms with Crippen LogP contribution in [0.2, 0.25) is 0 Å². The maximum Gasteiger partial charge on any atom is 0.243 e. The molecule has 3 heteroatoms. The summed E-state index contributed by atoms with van der Waals surface area (Å²) in [6.45, 7) is 13.6. The largest absolute Gasteiger partial charge is 0.378 e. The van der Waals surface area contributed by atoms with Crippen LogP contribution in [0.5, 0.6) is 0 Å². The third kappa shape index (κ3) is 5.31. The molecule has 0 amide bonds. The van der Waals surface area contributed by atoms with Gasteiger partial charge in [0.25, 0.3) is 0 Å². The molecule has 2 nitrogen and oxygen atoms in total. The third-order valence-corrected chi connectivity index (χ3v) is 7.07. The van der Waals surface area contributed by atoms with Crippen molar-refractivity contribution in [2.24, 2.45) is 0 Å². The minimum Gasteiger partial charge on any atom is -0.378 e. The zero-order valence-corrected chi connectivity index (χ0v) is 23.0. The molecule has 0 N–H and O–H groups in total. The van der Waals surface area contributed by atoms with Gasteiger partial charge in [-0.1, -0.05) is 92.2 Å². The van der Waals surface area contributed by atoms with Gasteiger partial charge in [-0.3, -0.25) is 4.98 Å². The highest BCUT2D eigenvalue weighted by Gasteiger charge is 2.30. The monoisotopic (exact) mass is 472 g/mol. The highest BCUT2D eigenvalue weighted by molar-refractivity contribution is 6.97. The quantitative estimate of drug-likeness (QED) is 0.336. The van der Waals surface area contributed by atoms with E-state index < -0.39 is 0 Å². The zero-order chi connectivity index (χ0) is 26.0. The van der Waals surface area contributed by atoms with Gasteiger partial charge in [0.2, 0.25) is 6.71 Å². The van der Waals surface area contributed by atoms with Crippen molar-refractivity contribution in [1.82, 2.24) is 4.98 Å². The van der Waals surface area contributed by atoms with Crippen molar-refractivity contribution in [3.8, 4) is 0 Å². The number of anilines is 1. The van der Waals surface area contributed by atoms with Gasteiger partial charge in [-0.2, -0.15) is 0 Å². The molecule has 0 unspecified atom stereocenters. The van der Waals surface area contributed by atoms with E-state index in [2.05, 4.69) is 120 Å². The highest BCUT2D eigenvalue weighted by Crippen LogP contribution is 2.19. The average Bonchev–Trinajstić information content (AvgIpc) is 2.81. The first-order valence-corrected chi connectivity index (χ1v) is 12.7. The number of pyridine rings is 1. The lowest BCUT2D eigenvalue weighted by molar-refractivity contribution is 1.13. The molecule has 1 heterocycles. The summed E-state index contributed by atoms with van der Waals surface area (Å²) in [5.41, 5.74) is 15.5. The van der Waals surface area contributed by atoms with Crippen LogP contribution in [0.15, 0.2) is 66.9 Å².